The first-order valence-electron chi connectivity index (χ1n) is 6.42. The number of para-hydroxylation sites is 2. The van der Waals surface area contributed by atoms with Crippen LogP contribution in [0.1, 0.15) is 16.2 Å². The minimum atomic E-state index is -0.541. The maximum absolute atomic E-state index is 12.2. The number of amides is 1. The number of rotatable bonds is 3. The predicted molar refractivity (Wildman–Crippen MR) is 78.8 cm³/mol. The summed E-state index contributed by atoms with van der Waals surface area (Å²) in [5.74, 6) is 0.262. The van der Waals surface area contributed by atoms with Gasteiger partial charge in [-0.15, -0.1) is 10.2 Å². The highest BCUT2D eigenvalue weighted by atomic mass is 16.6. The van der Waals surface area contributed by atoms with Gasteiger partial charge in [0.2, 0.25) is 0 Å². The molecule has 3 aromatic rings. The molecule has 0 fully saturated rings. The van der Waals surface area contributed by atoms with Crippen molar-refractivity contribution in [2.24, 2.45) is 0 Å². The summed E-state index contributed by atoms with van der Waals surface area (Å²) in [5, 5.41) is 21.3. The number of hydrogen-bond acceptors (Lipinski definition) is 5. The molecular formula is C14H11N5O3. The predicted octanol–water partition coefficient (Wildman–Crippen LogP) is 2.20. The molecule has 0 bridgehead atoms. The number of aryl methyl sites for hydroxylation is 1. The van der Waals surface area contributed by atoms with E-state index in [1.165, 1.54) is 12.1 Å². The van der Waals surface area contributed by atoms with Crippen LogP contribution < -0.4 is 5.32 Å². The third kappa shape index (κ3) is 2.37. The lowest BCUT2D eigenvalue weighted by Crippen LogP contribution is -2.13. The second kappa shape index (κ2) is 5.24. The topological polar surface area (TPSA) is 102 Å². The molecule has 0 spiro atoms. The van der Waals surface area contributed by atoms with E-state index in [9.17, 15) is 14.9 Å². The van der Waals surface area contributed by atoms with Gasteiger partial charge in [0.1, 0.15) is 11.5 Å². The van der Waals surface area contributed by atoms with Crippen LogP contribution in [0, 0.1) is 17.0 Å². The number of nitrogens with one attached hydrogen (secondary N) is 1. The molecule has 0 saturated heterocycles. The van der Waals surface area contributed by atoms with Crippen molar-refractivity contribution in [3.05, 3.63) is 64.1 Å². The maximum Gasteiger partial charge on any atom is 0.292 e. The fourth-order valence-corrected chi connectivity index (χ4v) is 2.08. The van der Waals surface area contributed by atoms with Crippen molar-refractivity contribution in [2.75, 3.05) is 5.32 Å². The van der Waals surface area contributed by atoms with E-state index in [4.69, 9.17) is 0 Å². The Hall–Kier alpha value is -3.29. The number of carbonyl (C=O) groups excluding carboxylic acids is 1. The minimum Gasteiger partial charge on any atom is -0.316 e. The van der Waals surface area contributed by atoms with E-state index < -0.39 is 10.8 Å². The molecule has 0 aliphatic carbocycles. The summed E-state index contributed by atoms with van der Waals surface area (Å²) in [4.78, 5) is 22.7. The fraction of sp³-hybridized carbons (Fsp3) is 0.0714. The monoisotopic (exact) mass is 297 g/mol. The SMILES string of the molecule is Cc1nnc2cc(C(=O)Nc3ccccc3[N+](=O)[O-])ccn12. The van der Waals surface area contributed by atoms with Crippen molar-refractivity contribution in [1.29, 1.82) is 0 Å². The molecule has 0 radical (unpaired) electrons. The van der Waals surface area contributed by atoms with Crippen LogP contribution in [0.4, 0.5) is 11.4 Å². The van der Waals surface area contributed by atoms with Crippen molar-refractivity contribution in [2.45, 2.75) is 6.92 Å². The van der Waals surface area contributed by atoms with Gasteiger partial charge in [-0.3, -0.25) is 19.3 Å². The minimum absolute atomic E-state index is 0.148. The lowest BCUT2D eigenvalue weighted by atomic mass is 10.2. The zero-order valence-electron chi connectivity index (χ0n) is 11.6. The van der Waals surface area contributed by atoms with Crippen LogP contribution in [0.15, 0.2) is 42.6 Å². The van der Waals surface area contributed by atoms with Crippen molar-refractivity contribution in [1.82, 2.24) is 14.6 Å². The van der Waals surface area contributed by atoms with Gasteiger partial charge in [-0.2, -0.15) is 0 Å². The number of pyridine rings is 1. The molecule has 0 atom stereocenters. The fourth-order valence-electron chi connectivity index (χ4n) is 2.08. The third-order valence-corrected chi connectivity index (χ3v) is 3.19. The van der Waals surface area contributed by atoms with E-state index in [1.54, 1.807) is 41.8 Å². The molecule has 8 heteroatoms. The van der Waals surface area contributed by atoms with Crippen molar-refractivity contribution in [3.63, 3.8) is 0 Å². The summed E-state index contributed by atoms with van der Waals surface area (Å²) in [7, 11) is 0. The van der Waals surface area contributed by atoms with Crippen LogP contribution in [-0.2, 0) is 0 Å². The Morgan fingerprint density at radius 3 is 2.82 bits per heavy atom. The van der Waals surface area contributed by atoms with Gasteiger partial charge in [-0.1, -0.05) is 12.1 Å². The molecular weight excluding hydrogens is 286 g/mol. The standard InChI is InChI=1S/C14H11N5O3/c1-9-16-17-13-8-10(6-7-18(9)13)14(20)15-11-4-2-3-5-12(11)19(21)22/h2-8H,1H3,(H,15,20). The Labute approximate surface area is 124 Å². The largest absolute Gasteiger partial charge is 0.316 e. The molecule has 0 aliphatic rings. The van der Waals surface area contributed by atoms with Gasteiger partial charge in [0, 0.05) is 17.8 Å². The number of hydrogen-bond donors (Lipinski definition) is 1. The zero-order chi connectivity index (χ0) is 15.7. The van der Waals surface area contributed by atoms with Gasteiger partial charge >= 0.3 is 0 Å². The van der Waals surface area contributed by atoms with E-state index in [0.717, 1.165) is 0 Å². The number of fused-ring (bicyclic) bond motifs is 1. The van der Waals surface area contributed by atoms with Crippen molar-refractivity contribution in [3.8, 4) is 0 Å². The molecule has 1 amide bonds. The lowest BCUT2D eigenvalue weighted by Gasteiger charge is -2.06. The Balaban J connectivity index is 1.92. The quantitative estimate of drug-likeness (QED) is 0.589. The number of nitro groups is 1. The first kappa shape index (κ1) is 13.7. The molecule has 0 unspecified atom stereocenters. The summed E-state index contributed by atoms with van der Waals surface area (Å²) < 4.78 is 1.74. The summed E-state index contributed by atoms with van der Waals surface area (Å²) in [6.45, 7) is 1.80. The molecule has 110 valence electrons. The second-order valence-electron chi connectivity index (χ2n) is 4.62. The average Bonchev–Trinajstić information content (AvgIpc) is 2.88. The number of aromatic nitrogens is 3. The smallest absolute Gasteiger partial charge is 0.292 e. The second-order valence-corrected chi connectivity index (χ2v) is 4.62. The number of nitrogens with zero attached hydrogens (tertiary/aromatic N) is 4. The lowest BCUT2D eigenvalue weighted by molar-refractivity contribution is -0.383. The van der Waals surface area contributed by atoms with Crippen molar-refractivity contribution < 1.29 is 9.72 Å². The molecule has 22 heavy (non-hydrogen) atoms. The molecule has 0 aliphatic heterocycles. The van der Waals surface area contributed by atoms with Crippen LogP contribution >= 0.6 is 0 Å². The number of anilines is 1. The normalized spacial score (nSPS) is 10.6. The van der Waals surface area contributed by atoms with Crippen LogP contribution in [-0.4, -0.2) is 25.4 Å². The highest BCUT2D eigenvalue weighted by Crippen LogP contribution is 2.23. The summed E-state index contributed by atoms with van der Waals surface area (Å²) in [6, 6.07) is 9.15. The van der Waals surface area contributed by atoms with E-state index in [1.807, 2.05) is 0 Å². The summed E-state index contributed by atoms with van der Waals surface area (Å²) >= 11 is 0. The molecule has 1 aromatic carbocycles. The number of benzene rings is 1. The highest BCUT2D eigenvalue weighted by Gasteiger charge is 2.16. The van der Waals surface area contributed by atoms with Gasteiger partial charge in [0.05, 0.1) is 4.92 Å². The molecule has 8 nitrogen and oxygen atoms in total. The Morgan fingerprint density at radius 1 is 1.27 bits per heavy atom. The van der Waals surface area contributed by atoms with Crippen LogP contribution in [0.25, 0.3) is 5.65 Å². The number of carbonyl (C=O) groups is 1. The molecule has 2 heterocycles. The summed E-state index contributed by atoms with van der Waals surface area (Å²) in [5.41, 5.74) is 0.871. The number of nitro benzene ring substituents is 1. The highest BCUT2D eigenvalue weighted by molar-refractivity contribution is 6.05. The Bertz CT molecular complexity index is 887. The van der Waals surface area contributed by atoms with Crippen LogP contribution in [0.5, 0.6) is 0 Å². The Kier molecular flexibility index (Phi) is 3.26. The van der Waals surface area contributed by atoms with Gasteiger partial charge in [-0.25, -0.2) is 0 Å². The summed E-state index contributed by atoms with van der Waals surface area (Å²) in [6.07, 6.45) is 1.68. The van der Waals surface area contributed by atoms with Gasteiger partial charge in [0.15, 0.2) is 5.65 Å². The Morgan fingerprint density at radius 2 is 2.05 bits per heavy atom. The van der Waals surface area contributed by atoms with E-state index >= 15 is 0 Å². The first-order valence-corrected chi connectivity index (χ1v) is 6.42. The molecule has 3 rings (SSSR count). The maximum atomic E-state index is 12.2. The molecule has 2 aromatic heterocycles. The van der Waals surface area contributed by atoms with Crippen molar-refractivity contribution >= 4 is 22.9 Å². The van der Waals surface area contributed by atoms with Crippen LogP contribution in [0.3, 0.4) is 0 Å². The van der Waals surface area contributed by atoms with Gasteiger partial charge in [0.25, 0.3) is 11.6 Å². The zero-order valence-corrected chi connectivity index (χ0v) is 11.6. The third-order valence-electron chi connectivity index (χ3n) is 3.19. The van der Waals surface area contributed by atoms with Gasteiger partial charge in [-0.05, 0) is 25.1 Å². The van der Waals surface area contributed by atoms with Crippen LogP contribution in [0.2, 0.25) is 0 Å². The molecule has 0 saturated carbocycles. The van der Waals surface area contributed by atoms with E-state index in [0.29, 0.717) is 17.0 Å². The van der Waals surface area contributed by atoms with Gasteiger partial charge < -0.3 is 5.32 Å². The first-order chi connectivity index (χ1) is 10.6. The average molecular weight is 297 g/mol. The van der Waals surface area contributed by atoms with E-state index in [-0.39, 0.29) is 11.4 Å². The molecule has 1 N–H and O–H groups in total. The van der Waals surface area contributed by atoms with E-state index in [2.05, 4.69) is 15.5 Å².